The lowest BCUT2D eigenvalue weighted by molar-refractivity contribution is 0.0920. The van der Waals surface area contributed by atoms with Gasteiger partial charge in [0.15, 0.2) is 6.61 Å². The maximum absolute atomic E-state index is 12.0. The molecule has 19 heavy (non-hydrogen) atoms. The number of rotatable bonds is 4. The average molecular weight is 316 g/mol. The van der Waals surface area contributed by atoms with E-state index in [0.29, 0.717) is 16.9 Å². The second-order valence-corrected chi connectivity index (χ2v) is 4.69. The molecular formula is C15H10BrNO2. The van der Waals surface area contributed by atoms with Gasteiger partial charge in [0.2, 0.25) is 5.78 Å². The molecule has 0 aliphatic carbocycles. The number of hydrogen-bond acceptors (Lipinski definition) is 3. The third kappa shape index (κ3) is 3.43. The molecule has 0 saturated heterocycles. The minimum atomic E-state index is -0.116. The standard InChI is InChI=1S/C15H10BrNO2/c16-14-7-2-1-6-13(14)15(18)10-19-12-5-3-4-11(8-12)9-17/h1-8H,10H2. The van der Waals surface area contributed by atoms with E-state index in [1.807, 2.05) is 18.2 Å². The molecule has 0 aliphatic rings. The lowest BCUT2D eigenvalue weighted by Crippen LogP contribution is -2.12. The van der Waals surface area contributed by atoms with Crippen LogP contribution in [0.1, 0.15) is 15.9 Å². The van der Waals surface area contributed by atoms with Gasteiger partial charge in [0, 0.05) is 10.0 Å². The van der Waals surface area contributed by atoms with Gasteiger partial charge in [-0.05, 0) is 24.3 Å². The van der Waals surface area contributed by atoms with Crippen molar-refractivity contribution in [2.75, 3.05) is 6.61 Å². The predicted molar refractivity (Wildman–Crippen MR) is 75.1 cm³/mol. The summed E-state index contributed by atoms with van der Waals surface area (Å²) in [5.74, 6) is 0.397. The molecule has 0 radical (unpaired) electrons. The number of Topliss-reactive ketones (excluding diaryl/α,β-unsaturated/α-hetero) is 1. The molecule has 0 amide bonds. The van der Waals surface area contributed by atoms with Gasteiger partial charge < -0.3 is 4.74 Å². The van der Waals surface area contributed by atoms with Crippen LogP contribution in [-0.2, 0) is 0 Å². The first-order valence-electron chi connectivity index (χ1n) is 5.61. The summed E-state index contributed by atoms with van der Waals surface area (Å²) in [5.41, 5.74) is 1.09. The van der Waals surface area contributed by atoms with Crippen molar-refractivity contribution >= 4 is 21.7 Å². The van der Waals surface area contributed by atoms with E-state index in [9.17, 15) is 4.79 Å². The Labute approximate surface area is 119 Å². The maximum atomic E-state index is 12.0. The van der Waals surface area contributed by atoms with Crippen LogP contribution in [0.2, 0.25) is 0 Å². The first kappa shape index (κ1) is 13.3. The number of nitriles is 1. The van der Waals surface area contributed by atoms with E-state index in [4.69, 9.17) is 10.00 Å². The fourth-order valence-corrected chi connectivity index (χ4v) is 2.08. The number of ketones is 1. The molecule has 0 fully saturated rings. The zero-order valence-corrected chi connectivity index (χ0v) is 11.6. The lowest BCUT2D eigenvalue weighted by atomic mass is 10.1. The predicted octanol–water partition coefficient (Wildman–Crippen LogP) is 3.58. The minimum absolute atomic E-state index is 0.0580. The second kappa shape index (κ2) is 6.17. The summed E-state index contributed by atoms with van der Waals surface area (Å²) < 4.78 is 6.14. The van der Waals surface area contributed by atoms with Crippen molar-refractivity contribution in [1.82, 2.24) is 0 Å². The van der Waals surface area contributed by atoms with E-state index in [0.717, 1.165) is 4.47 Å². The molecule has 0 unspecified atom stereocenters. The molecule has 0 aliphatic heterocycles. The van der Waals surface area contributed by atoms with Crippen molar-refractivity contribution in [2.24, 2.45) is 0 Å². The molecular weight excluding hydrogens is 306 g/mol. The number of nitrogens with zero attached hydrogens (tertiary/aromatic N) is 1. The molecule has 94 valence electrons. The second-order valence-electron chi connectivity index (χ2n) is 3.83. The highest BCUT2D eigenvalue weighted by atomic mass is 79.9. The van der Waals surface area contributed by atoms with E-state index >= 15 is 0 Å². The molecule has 0 saturated carbocycles. The molecule has 0 heterocycles. The highest BCUT2D eigenvalue weighted by Crippen LogP contribution is 2.18. The Balaban J connectivity index is 2.05. The molecule has 0 spiro atoms. The SMILES string of the molecule is N#Cc1cccc(OCC(=O)c2ccccc2Br)c1. The summed E-state index contributed by atoms with van der Waals surface area (Å²) in [6, 6.07) is 15.9. The molecule has 0 bridgehead atoms. The molecule has 2 rings (SSSR count). The van der Waals surface area contributed by atoms with E-state index in [1.165, 1.54) is 0 Å². The van der Waals surface area contributed by atoms with E-state index in [2.05, 4.69) is 15.9 Å². The van der Waals surface area contributed by atoms with Crippen molar-refractivity contribution in [3.8, 4) is 11.8 Å². The Morgan fingerprint density at radius 3 is 2.74 bits per heavy atom. The van der Waals surface area contributed by atoms with Crippen molar-refractivity contribution in [3.05, 3.63) is 64.1 Å². The fraction of sp³-hybridized carbons (Fsp3) is 0.0667. The first-order chi connectivity index (χ1) is 9.20. The molecule has 2 aromatic carbocycles. The largest absolute Gasteiger partial charge is 0.485 e. The van der Waals surface area contributed by atoms with Gasteiger partial charge in [-0.3, -0.25) is 4.79 Å². The summed E-state index contributed by atoms with van der Waals surface area (Å²) in [5, 5.41) is 8.78. The van der Waals surface area contributed by atoms with Gasteiger partial charge in [0.25, 0.3) is 0 Å². The summed E-state index contributed by atoms with van der Waals surface area (Å²) in [6.07, 6.45) is 0. The van der Waals surface area contributed by atoms with Gasteiger partial charge in [-0.2, -0.15) is 5.26 Å². The Morgan fingerprint density at radius 2 is 2.00 bits per heavy atom. The summed E-state index contributed by atoms with van der Waals surface area (Å²) in [6.45, 7) is -0.0580. The Morgan fingerprint density at radius 1 is 1.21 bits per heavy atom. The van der Waals surface area contributed by atoms with Crippen LogP contribution in [-0.4, -0.2) is 12.4 Å². The lowest BCUT2D eigenvalue weighted by Gasteiger charge is -2.06. The van der Waals surface area contributed by atoms with Crippen LogP contribution in [0, 0.1) is 11.3 Å². The van der Waals surface area contributed by atoms with Crippen LogP contribution < -0.4 is 4.74 Å². The zero-order valence-electron chi connectivity index (χ0n) is 9.97. The number of carbonyl (C=O) groups excluding carboxylic acids is 1. The molecule has 4 heteroatoms. The summed E-state index contributed by atoms with van der Waals surface area (Å²) >= 11 is 3.33. The van der Waals surface area contributed by atoms with Crippen LogP contribution in [0.3, 0.4) is 0 Å². The molecule has 0 N–H and O–H groups in total. The van der Waals surface area contributed by atoms with Crippen molar-refractivity contribution in [2.45, 2.75) is 0 Å². The monoisotopic (exact) mass is 315 g/mol. The van der Waals surface area contributed by atoms with Crippen LogP contribution in [0.5, 0.6) is 5.75 Å². The Hall–Kier alpha value is -2.12. The number of benzene rings is 2. The van der Waals surface area contributed by atoms with E-state index < -0.39 is 0 Å². The zero-order chi connectivity index (χ0) is 13.7. The average Bonchev–Trinajstić information content (AvgIpc) is 2.45. The van der Waals surface area contributed by atoms with Crippen LogP contribution >= 0.6 is 15.9 Å². The van der Waals surface area contributed by atoms with Gasteiger partial charge in [-0.1, -0.05) is 40.2 Å². The third-order valence-electron chi connectivity index (χ3n) is 2.51. The third-order valence-corrected chi connectivity index (χ3v) is 3.20. The maximum Gasteiger partial charge on any atom is 0.201 e. The fourth-order valence-electron chi connectivity index (χ4n) is 1.57. The van der Waals surface area contributed by atoms with Crippen molar-refractivity contribution in [3.63, 3.8) is 0 Å². The van der Waals surface area contributed by atoms with Crippen LogP contribution in [0.15, 0.2) is 53.0 Å². The highest BCUT2D eigenvalue weighted by molar-refractivity contribution is 9.10. The normalized spacial score (nSPS) is 9.68. The number of hydrogen-bond donors (Lipinski definition) is 0. The van der Waals surface area contributed by atoms with Crippen LogP contribution in [0.25, 0.3) is 0 Å². The van der Waals surface area contributed by atoms with Gasteiger partial charge >= 0.3 is 0 Å². The first-order valence-corrected chi connectivity index (χ1v) is 6.40. The molecule has 3 nitrogen and oxygen atoms in total. The van der Waals surface area contributed by atoms with Gasteiger partial charge in [0.1, 0.15) is 5.75 Å². The summed E-state index contributed by atoms with van der Waals surface area (Å²) in [4.78, 5) is 12.0. The Bertz CT molecular complexity index is 647. The van der Waals surface area contributed by atoms with Gasteiger partial charge in [-0.15, -0.1) is 0 Å². The van der Waals surface area contributed by atoms with E-state index in [1.54, 1.807) is 36.4 Å². The minimum Gasteiger partial charge on any atom is -0.485 e. The summed E-state index contributed by atoms with van der Waals surface area (Å²) in [7, 11) is 0. The Kier molecular flexibility index (Phi) is 4.32. The molecule has 0 aromatic heterocycles. The van der Waals surface area contributed by atoms with Crippen LogP contribution in [0.4, 0.5) is 0 Å². The van der Waals surface area contributed by atoms with Crippen molar-refractivity contribution < 1.29 is 9.53 Å². The van der Waals surface area contributed by atoms with Gasteiger partial charge in [-0.25, -0.2) is 0 Å². The molecule has 2 aromatic rings. The van der Waals surface area contributed by atoms with E-state index in [-0.39, 0.29) is 12.4 Å². The number of carbonyl (C=O) groups is 1. The number of ether oxygens (including phenoxy) is 1. The van der Waals surface area contributed by atoms with Gasteiger partial charge in [0.05, 0.1) is 11.6 Å². The quantitative estimate of drug-likeness (QED) is 0.810. The number of halogens is 1. The topological polar surface area (TPSA) is 50.1 Å². The molecule has 0 atom stereocenters. The highest BCUT2D eigenvalue weighted by Gasteiger charge is 2.10. The smallest absolute Gasteiger partial charge is 0.201 e. The van der Waals surface area contributed by atoms with Crippen molar-refractivity contribution in [1.29, 1.82) is 5.26 Å².